The molecular formula is C45H82N6O10. The van der Waals surface area contributed by atoms with Gasteiger partial charge >= 0.3 is 11.9 Å². The number of unbranched alkanes of at least 4 members (excludes halogenated alkanes) is 8. The monoisotopic (exact) mass is 867 g/mol. The van der Waals surface area contributed by atoms with Crippen molar-refractivity contribution in [1.82, 2.24) is 31.9 Å². The number of carbonyl (C=O) groups is 8. The highest BCUT2D eigenvalue weighted by atomic mass is 16.6. The molecule has 0 rings (SSSR count). The highest BCUT2D eigenvalue weighted by molar-refractivity contribution is 5.90. The number of hydrogen-bond donors (Lipinski definition) is 6. The molecule has 6 amide bonds. The highest BCUT2D eigenvalue weighted by Gasteiger charge is 2.28. The zero-order chi connectivity index (χ0) is 46.3. The number of nitrogens with one attached hydrogen (secondary N) is 6. The van der Waals surface area contributed by atoms with Crippen LogP contribution in [0.2, 0.25) is 0 Å². The lowest BCUT2D eigenvalue weighted by atomic mass is 10.1. The Morgan fingerprint density at radius 1 is 0.443 bits per heavy atom. The van der Waals surface area contributed by atoms with E-state index in [1.54, 1.807) is 48.5 Å². The first-order chi connectivity index (χ1) is 28.6. The van der Waals surface area contributed by atoms with Gasteiger partial charge in [-0.05, 0) is 93.4 Å². The van der Waals surface area contributed by atoms with Gasteiger partial charge in [-0.15, -0.1) is 0 Å². The van der Waals surface area contributed by atoms with Crippen molar-refractivity contribution in [2.75, 3.05) is 19.6 Å². The van der Waals surface area contributed by atoms with Crippen molar-refractivity contribution in [2.24, 2.45) is 0 Å². The van der Waals surface area contributed by atoms with E-state index in [-0.39, 0.29) is 87.6 Å². The first-order valence-electron chi connectivity index (χ1n) is 22.8. The molecule has 61 heavy (non-hydrogen) atoms. The van der Waals surface area contributed by atoms with Crippen molar-refractivity contribution in [2.45, 2.75) is 220 Å². The van der Waals surface area contributed by atoms with Crippen LogP contribution >= 0.6 is 0 Å². The molecule has 0 aromatic carbocycles. The lowest BCUT2D eigenvalue weighted by Gasteiger charge is -2.25. The molecule has 0 saturated heterocycles. The minimum atomic E-state index is -1.03. The molecule has 0 aliphatic rings. The quantitative estimate of drug-likeness (QED) is 0.0367. The lowest BCUT2D eigenvalue weighted by molar-refractivity contribution is -0.160. The van der Waals surface area contributed by atoms with Crippen LogP contribution in [0.3, 0.4) is 0 Å². The van der Waals surface area contributed by atoms with Crippen LogP contribution in [-0.4, -0.2) is 96.3 Å². The van der Waals surface area contributed by atoms with E-state index >= 15 is 0 Å². The molecular weight excluding hydrogens is 785 g/mol. The molecule has 3 atom stereocenters. The highest BCUT2D eigenvalue weighted by Crippen LogP contribution is 2.14. The Labute approximate surface area is 366 Å². The normalized spacial score (nSPS) is 12.9. The van der Waals surface area contributed by atoms with Gasteiger partial charge in [0.05, 0.1) is 0 Å². The Hall–Kier alpha value is -4.24. The van der Waals surface area contributed by atoms with E-state index in [4.69, 9.17) is 9.47 Å². The number of amides is 6. The number of ether oxygens (including phenoxy) is 2. The fraction of sp³-hybridized carbons (Fsp3) is 0.822. The standard InChI is InChI=1S/C45H82N6O10/c1-10-12-14-18-30-46-36(52)25-22-33(3)49-39(55)27-28-40(56)50-34(23-26-37(53)47-31-19-15-13-11-2)42(58)48-32-20-16-17-21-38(54)51-35(43(59)61-45(7,8)9)24-29-41(57)60-44(4,5)6/h33-35H,10-32H2,1-9H3,(H,46,52)(H,47,53)(H,48,58)(H,49,55)(H,50,56)(H,51,54). The summed E-state index contributed by atoms with van der Waals surface area (Å²) in [6.07, 6.45) is 10.4. The summed E-state index contributed by atoms with van der Waals surface area (Å²) in [7, 11) is 0. The fourth-order valence-electron chi connectivity index (χ4n) is 6.01. The predicted molar refractivity (Wildman–Crippen MR) is 236 cm³/mol. The number of rotatable bonds is 33. The molecule has 6 N–H and O–H groups in total. The third-order valence-electron chi connectivity index (χ3n) is 9.27. The van der Waals surface area contributed by atoms with Gasteiger partial charge in [-0.3, -0.25) is 33.6 Å². The van der Waals surface area contributed by atoms with Gasteiger partial charge in [-0.2, -0.15) is 0 Å². The molecule has 0 heterocycles. The molecule has 0 aliphatic heterocycles. The molecule has 16 nitrogen and oxygen atoms in total. The number of esters is 2. The Morgan fingerprint density at radius 2 is 0.885 bits per heavy atom. The van der Waals surface area contributed by atoms with Crippen LogP contribution in [0.1, 0.15) is 191 Å². The summed E-state index contributed by atoms with van der Waals surface area (Å²) in [5, 5.41) is 16.8. The van der Waals surface area contributed by atoms with Gasteiger partial charge in [0, 0.05) is 64.2 Å². The number of hydrogen-bond acceptors (Lipinski definition) is 10. The van der Waals surface area contributed by atoms with Crippen molar-refractivity contribution in [3.05, 3.63) is 0 Å². The van der Waals surface area contributed by atoms with Crippen molar-refractivity contribution in [3.63, 3.8) is 0 Å². The second kappa shape index (κ2) is 32.5. The molecule has 0 aliphatic carbocycles. The van der Waals surface area contributed by atoms with Crippen LogP contribution in [-0.2, 0) is 47.8 Å². The predicted octanol–water partition coefficient (Wildman–Crippen LogP) is 5.33. The topological polar surface area (TPSA) is 227 Å². The average Bonchev–Trinajstić information content (AvgIpc) is 3.16. The largest absolute Gasteiger partial charge is 0.460 e. The molecule has 0 fully saturated rings. The molecule has 0 radical (unpaired) electrons. The summed E-state index contributed by atoms with van der Waals surface area (Å²) in [4.78, 5) is 101. The molecule has 0 saturated carbocycles. The molecule has 0 aromatic heterocycles. The molecule has 0 spiro atoms. The maximum Gasteiger partial charge on any atom is 0.329 e. The molecule has 0 bridgehead atoms. The van der Waals surface area contributed by atoms with E-state index in [1.807, 2.05) is 0 Å². The SMILES string of the molecule is CCCCCCNC(=O)CCC(C)NC(=O)CCC(=O)NC(CCC(=O)NCCCCCC)C(=O)NCCCCCC(=O)NC(CCC(=O)OC(C)(C)C)C(=O)OC(C)(C)C. The number of carbonyl (C=O) groups excluding carboxylic acids is 8. The summed E-state index contributed by atoms with van der Waals surface area (Å²) < 4.78 is 10.8. The van der Waals surface area contributed by atoms with Gasteiger partial charge in [0.2, 0.25) is 35.4 Å². The van der Waals surface area contributed by atoms with Crippen molar-refractivity contribution < 1.29 is 47.8 Å². The fourth-order valence-corrected chi connectivity index (χ4v) is 6.01. The lowest BCUT2D eigenvalue weighted by Crippen LogP contribution is -2.47. The van der Waals surface area contributed by atoms with E-state index in [2.05, 4.69) is 45.7 Å². The van der Waals surface area contributed by atoms with Gasteiger partial charge in [0.15, 0.2) is 0 Å². The Morgan fingerprint density at radius 3 is 1.41 bits per heavy atom. The third kappa shape index (κ3) is 34.1. The molecule has 0 aromatic rings. The van der Waals surface area contributed by atoms with E-state index < -0.39 is 47.0 Å². The van der Waals surface area contributed by atoms with Crippen LogP contribution in [0.15, 0.2) is 0 Å². The Kier molecular flexibility index (Phi) is 30.2. The maximum atomic E-state index is 13.2. The van der Waals surface area contributed by atoms with Gasteiger partial charge < -0.3 is 41.4 Å². The average molecular weight is 867 g/mol. The van der Waals surface area contributed by atoms with Crippen LogP contribution in [0.5, 0.6) is 0 Å². The first-order valence-corrected chi connectivity index (χ1v) is 22.8. The smallest absolute Gasteiger partial charge is 0.329 e. The van der Waals surface area contributed by atoms with Crippen molar-refractivity contribution in [1.29, 1.82) is 0 Å². The van der Waals surface area contributed by atoms with Gasteiger partial charge in [-0.25, -0.2) is 4.79 Å². The van der Waals surface area contributed by atoms with Crippen LogP contribution in [0.25, 0.3) is 0 Å². The molecule has 352 valence electrons. The second-order valence-electron chi connectivity index (χ2n) is 17.9. The Bertz CT molecular complexity index is 1340. The summed E-state index contributed by atoms with van der Waals surface area (Å²) in [5.74, 6) is -3.11. The van der Waals surface area contributed by atoms with Crippen LogP contribution in [0.4, 0.5) is 0 Å². The molecule has 3 unspecified atom stereocenters. The van der Waals surface area contributed by atoms with Crippen molar-refractivity contribution in [3.8, 4) is 0 Å². The summed E-state index contributed by atoms with van der Waals surface area (Å²) in [6, 6.07) is -2.29. The summed E-state index contributed by atoms with van der Waals surface area (Å²) in [6.45, 7) is 17.8. The first kappa shape index (κ1) is 56.8. The van der Waals surface area contributed by atoms with Crippen molar-refractivity contribution >= 4 is 47.4 Å². The second-order valence-corrected chi connectivity index (χ2v) is 17.9. The molecule has 16 heteroatoms. The van der Waals surface area contributed by atoms with Gasteiger partial charge in [0.1, 0.15) is 23.3 Å². The van der Waals surface area contributed by atoms with Gasteiger partial charge in [-0.1, -0.05) is 58.8 Å². The zero-order valence-corrected chi connectivity index (χ0v) is 39.1. The van der Waals surface area contributed by atoms with Crippen LogP contribution < -0.4 is 31.9 Å². The van der Waals surface area contributed by atoms with Crippen LogP contribution in [0, 0.1) is 0 Å². The zero-order valence-electron chi connectivity index (χ0n) is 39.1. The van der Waals surface area contributed by atoms with E-state index in [0.717, 1.165) is 51.4 Å². The minimum absolute atomic E-state index is 0.0208. The van der Waals surface area contributed by atoms with Gasteiger partial charge in [0.25, 0.3) is 0 Å². The summed E-state index contributed by atoms with van der Waals surface area (Å²) in [5.41, 5.74) is -1.48. The summed E-state index contributed by atoms with van der Waals surface area (Å²) >= 11 is 0. The van der Waals surface area contributed by atoms with E-state index in [9.17, 15) is 38.4 Å². The maximum absolute atomic E-state index is 13.2. The van der Waals surface area contributed by atoms with E-state index in [0.29, 0.717) is 38.8 Å². The minimum Gasteiger partial charge on any atom is -0.460 e. The van der Waals surface area contributed by atoms with E-state index in [1.165, 1.54) is 0 Å². The Balaban J connectivity index is 5.05. The third-order valence-corrected chi connectivity index (χ3v) is 9.27.